The highest BCUT2D eigenvalue weighted by Gasteiger charge is 2.40. The summed E-state index contributed by atoms with van der Waals surface area (Å²) in [6.07, 6.45) is 2.21. The maximum atomic E-state index is 13.1. The Morgan fingerprint density at radius 2 is 1.68 bits per heavy atom. The van der Waals surface area contributed by atoms with Crippen LogP contribution in [0.5, 0.6) is 0 Å². The molecule has 1 saturated heterocycles. The third-order valence-corrected chi connectivity index (χ3v) is 8.78. The molecule has 37 heavy (non-hydrogen) atoms. The SMILES string of the molecule is CN1C(=O)c2cc(Cl)ccc2C1C(CCN1CCC(O)(c2ccccc2)CC1)c1ccc(Cl)c(Cl)c1.Cl. The van der Waals surface area contributed by atoms with Crippen molar-refractivity contribution in [2.75, 3.05) is 26.7 Å². The van der Waals surface area contributed by atoms with Gasteiger partial charge in [0, 0.05) is 36.6 Å². The number of halogens is 4. The van der Waals surface area contributed by atoms with Crippen LogP contribution in [0, 0.1) is 0 Å². The van der Waals surface area contributed by atoms with Crippen LogP contribution in [0.1, 0.15) is 58.3 Å². The van der Waals surface area contributed by atoms with E-state index in [1.807, 2.05) is 72.6 Å². The molecule has 0 aliphatic carbocycles. The number of rotatable bonds is 6. The Bertz CT molecular complexity index is 1260. The smallest absolute Gasteiger partial charge is 0.254 e. The quantitative estimate of drug-likeness (QED) is 0.332. The highest BCUT2D eigenvalue weighted by molar-refractivity contribution is 6.42. The molecule has 0 saturated carbocycles. The van der Waals surface area contributed by atoms with Gasteiger partial charge in [-0.25, -0.2) is 0 Å². The Kier molecular flexibility index (Phi) is 8.79. The van der Waals surface area contributed by atoms with E-state index in [1.54, 1.807) is 6.07 Å². The molecule has 8 heteroatoms. The van der Waals surface area contributed by atoms with Gasteiger partial charge in [0.25, 0.3) is 5.91 Å². The van der Waals surface area contributed by atoms with E-state index in [0.29, 0.717) is 33.5 Å². The topological polar surface area (TPSA) is 43.8 Å². The second-order valence-electron chi connectivity index (χ2n) is 9.90. The molecule has 2 heterocycles. The Morgan fingerprint density at radius 3 is 2.35 bits per heavy atom. The van der Waals surface area contributed by atoms with Crippen molar-refractivity contribution >= 4 is 53.1 Å². The summed E-state index contributed by atoms with van der Waals surface area (Å²) in [4.78, 5) is 17.3. The molecular weight excluding hydrogens is 550 g/mol. The van der Waals surface area contributed by atoms with Crippen molar-refractivity contribution < 1.29 is 9.90 Å². The summed E-state index contributed by atoms with van der Waals surface area (Å²) >= 11 is 18.9. The van der Waals surface area contributed by atoms with Crippen molar-refractivity contribution in [1.82, 2.24) is 9.80 Å². The van der Waals surface area contributed by atoms with E-state index in [2.05, 4.69) is 4.90 Å². The van der Waals surface area contributed by atoms with Crippen LogP contribution in [0.15, 0.2) is 66.7 Å². The lowest BCUT2D eigenvalue weighted by atomic mass is 9.83. The number of piperidine rings is 1. The zero-order valence-corrected chi connectivity index (χ0v) is 23.6. The molecule has 2 aliphatic rings. The lowest BCUT2D eigenvalue weighted by Gasteiger charge is -2.39. The number of nitrogens with zero attached hydrogens (tertiary/aromatic N) is 2. The molecule has 0 spiro atoms. The minimum absolute atomic E-state index is 0. The molecule has 2 atom stereocenters. The maximum Gasteiger partial charge on any atom is 0.254 e. The predicted molar refractivity (Wildman–Crippen MR) is 153 cm³/mol. The first-order valence-electron chi connectivity index (χ1n) is 12.3. The molecular formula is C29H30Cl4N2O2. The number of likely N-dealkylation sites (N-methyl/N-ethyl adjacent to an activating group) is 1. The highest BCUT2D eigenvalue weighted by atomic mass is 35.5. The highest BCUT2D eigenvalue weighted by Crippen LogP contribution is 2.45. The molecule has 2 aliphatic heterocycles. The molecule has 1 fully saturated rings. The van der Waals surface area contributed by atoms with Gasteiger partial charge in [-0.3, -0.25) is 4.79 Å². The van der Waals surface area contributed by atoms with E-state index in [1.165, 1.54) is 0 Å². The second kappa shape index (κ2) is 11.5. The summed E-state index contributed by atoms with van der Waals surface area (Å²) in [5.74, 6) is -0.000432. The molecule has 4 nitrogen and oxygen atoms in total. The van der Waals surface area contributed by atoms with E-state index in [9.17, 15) is 9.90 Å². The summed E-state index contributed by atoms with van der Waals surface area (Å²) in [5, 5.41) is 12.8. The first-order chi connectivity index (χ1) is 17.3. The summed E-state index contributed by atoms with van der Waals surface area (Å²) in [6.45, 7) is 2.47. The summed E-state index contributed by atoms with van der Waals surface area (Å²) in [7, 11) is 1.85. The Labute approximate surface area is 239 Å². The van der Waals surface area contributed by atoms with Crippen LogP contribution in [0.25, 0.3) is 0 Å². The number of carbonyl (C=O) groups excluding carboxylic acids is 1. The molecule has 1 amide bonds. The minimum atomic E-state index is -0.781. The number of amides is 1. The molecule has 3 aromatic carbocycles. The van der Waals surface area contributed by atoms with Crippen molar-refractivity contribution in [3.05, 3.63) is 104 Å². The van der Waals surface area contributed by atoms with Gasteiger partial charge >= 0.3 is 0 Å². The predicted octanol–water partition coefficient (Wildman–Crippen LogP) is 7.35. The summed E-state index contributed by atoms with van der Waals surface area (Å²) in [5.41, 5.74) is 2.90. The zero-order valence-electron chi connectivity index (χ0n) is 20.5. The monoisotopic (exact) mass is 578 g/mol. The van der Waals surface area contributed by atoms with E-state index in [4.69, 9.17) is 34.8 Å². The van der Waals surface area contributed by atoms with Crippen LogP contribution in [-0.2, 0) is 5.60 Å². The van der Waals surface area contributed by atoms with E-state index < -0.39 is 5.60 Å². The number of aliphatic hydroxyl groups is 1. The van der Waals surface area contributed by atoms with Gasteiger partial charge < -0.3 is 14.9 Å². The third kappa shape index (κ3) is 5.66. The van der Waals surface area contributed by atoms with Crippen LogP contribution < -0.4 is 0 Å². The van der Waals surface area contributed by atoms with Crippen molar-refractivity contribution in [2.24, 2.45) is 0 Å². The fourth-order valence-electron chi connectivity index (χ4n) is 5.74. The van der Waals surface area contributed by atoms with Gasteiger partial charge in [0.15, 0.2) is 0 Å². The Hall–Kier alpha value is -1.79. The Morgan fingerprint density at radius 1 is 0.973 bits per heavy atom. The van der Waals surface area contributed by atoms with Gasteiger partial charge in [-0.05, 0) is 66.8 Å². The van der Waals surface area contributed by atoms with Crippen molar-refractivity contribution in [1.29, 1.82) is 0 Å². The average molecular weight is 580 g/mol. The number of carbonyl (C=O) groups is 1. The summed E-state index contributed by atoms with van der Waals surface area (Å²) in [6, 6.07) is 21.1. The molecule has 0 radical (unpaired) electrons. The molecule has 196 valence electrons. The van der Waals surface area contributed by atoms with Gasteiger partial charge in [0.2, 0.25) is 0 Å². The number of likely N-dealkylation sites (tertiary alicyclic amines) is 1. The van der Waals surface area contributed by atoms with Crippen molar-refractivity contribution in [2.45, 2.75) is 36.8 Å². The molecule has 1 N–H and O–H groups in total. The first-order valence-corrected chi connectivity index (χ1v) is 13.4. The van der Waals surface area contributed by atoms with Gasteiger partial charge in [0.05, 0.1) is 21.7 Å². The lowest BCUT2D eigenvalue weighted by molar-refractivity contribution is -0.0266. The molecule has 3 aromatic rings. The fourth-order valence-corrected chi connectivity index (χ4v) is 6.22. The molecule has 0 bridgehead atoms. The third-order valence-electron chi connectivity index (χ3n) is 7.81. The van der Waals surface area contributed by atoms with Gasteiger partial charge in [0.1, 0.15) is 0 Å². The zero-order chi connectivity index (χ0) is 25.4. The standard InChI is InChI=1S/C29H29Cl3N2O2.ClH/c1-33-27(23-9-8-21(30)18-24(23)28(33)35)22(19-7-10-25(31)26(32)17-19)11-14-34-15-12-29(36,13-16-34)20-5-3-2-4-6-20;/h2-10,17-18,22,27,36H,11-16H2,1H3;1H. The maximum absolute atomic E-state index is 13.1. The average Bonchev–Trinajstić information content (AvgIpc) is 3.12. The van der Waals surface area contributed by atoms with Crippen LogP contribution >= 0.6 is 47.2 Å². The van der Waals surface area contributed by atoms with Gasteiger partial charge in [-0.15, -0.1) is 12.4 Å². The van der Waals surface area contributed by atoms with Crippen molar-refractivity contribution in [3.63, 3.8) is 0 Å². The summed E-state index contributed by atoms with van der Waals surface area (Å²) < 4.78 is 0. The van der Waals surface area contributed by atoms with Gasteiger partial charge in [-0.2, -0.15) is 0 Å². The first kappa shape index (κ1) is 28.2. The number of benzene rings is 3. The van der Waals surface area contributed by atoms with Crippen LogP contribution in [-0.4, -0.2) is 47.5 Å². The van der Waals surface area contributed by atoms with Crippen LogP contribution in [0.2, 0.25) is 15.1 Å². The molecule has 5 rings (SSSR count). The minimum Gasteiger partial charge on any atom is -0.385 e. The van der Waals surface area contributed by atoms with E-state index in [-0.39, 0.29) is 30.3 Å². The fraction of sp³-hybridized carbons (Fsp3) is 0.345. The van der Waals surface area contributed by atoms with E-state index in [0.717, 1.165) is 42.7 Å². The number of hydrogen-bond donors (Lipinski definition) is 1. The van der Waals surface area contributed by atoms with Crippen molar-refractivity contribution in [3.8, 4) is 0 Å². The van der Waals surface area contributed by atoms with Crippen LogP contribution in [0.4, 0.5) is 0 Å². The number of fused-ring (bicyclic) bond motifs is 1. The molecule has 2 unspecified atom stereocenters. The normalized spacial score (nSPS) is 19.9. The van der Waals surface area contributed by atoms with Gasteiger partial charge in [-0.1, -0.05) is 77.3 Å². The lowest BCUT2D eigenvalue weighted by Crippen LogP contribution is -2.43. The Balaban J connectivity index is 0.00000320. The van der Waals surface area contributed by atoms with E-state index >= 15 is 0 Å². The number of hydrogen-bond acceptors (Lipinski definition) is 3. The largest absolute Gasteiger partial charge is 0.385 e. The second-order valence-corrected chi connectivity index (χ2v) is 11.2. The van der Waals surface area contributed by atoms with Crippen LogP contribution in [0.3, 0.4) is 0 Å². The molecule has 0 aromatic heterocycles.